The summed E-state index contributed by atoms with van der Waals surface area (Å²) >= 11 is 0. The van der Waals surface area contributed by atoms with Gasteiger partial charge in [-0.15, -0.1) is 0 Å². The molecule has 0 saturated carbocycles. The first-order valence-corrected chi connectivity index (χ1v) is 9.10. The second kappa shape index (κ2) is 9.04. The first-order chi connectivity index (χ1) is 13.0. The topological polar surface area (TPSA) is 92.3 Å². The first-order valence-electron chi connectivity index (χ1n) is 9.10. The van der Waals surface area contributed by atoms with Gasteiger partial charge in [-0.05, 0) is 50.1 Å². The van der Waals surface area contributed by atoms with Crippen molar-refractivity contribution in [1.82, 2.24) is 4.57 Å². The van der Waals surface area contributed by atoms with E-state index in [0.29, 0.717) is 17.9 Å². The Morgan fingerprint density at radius 2 is 1.89 bits per heavy atom. The van der Waals surface area contributed by atoms with Crippen molar-refractivity contribution in [2.45, 2.75) is 46.6 Å². The molecule has 2 rings (SSSR count). The van der Waals surface area contributed by atoms with Crippen molar-refractivity contribution in [3.63, 3.8) is 0 Å². The van der Waals surface area contributed by atoms with Crippen molar-refractivity contribution in [3.05, 3.63) is 56.9 Å². The van der Waals surface area contributed by atoms with Crippen LogP contribution in [0.1, 0.15) is 60.2 Å². The predicted octanol–water partition coefficient (Wildman–Crippen LogP) is 3.55. The lowest BCUT2D eigenvalue weighted by atomic mass is 9.97. The summed E-state index contributed by atoms with van der Waals surface area (Å²) in [5.41, 5.74) is -0.213. The zero-order valence-electron chi connectivity index (χ0n) is 15.9. The summed E-state index contributed by atoms with van der Waals surface area (Å²) in [6, 6.07) is 8.47. The molecule has 0 spiro atoms. The molecule has 0 aliphatic heterocycles. The van der Waals surface area contributed by atoms with Crippen molar-refractivity contribution in [2.75, 3.05) is 6.61 Å². The van der Waals surface area contributed by atoms with Gasteiger partial charge >= 0.3 is 0 Å². The molecule has 27 heavy (non-hydrogen) atoms. The minimum Gasteiger partial charge on any atom is -0.494 e. The Labute approximate surface area is 158 Å². The van der Waals surface area contributed by atoms with E-state index >= 15 is 0 Å². The van der Waals surface area contributed by atoms with E-state index in [-0.39, 0.29) is 23.2 Å². The number of carbonyl (C=O) groups is 1. The largest absolute Gasteiger partial charge is 0.494 e. The maximum atomic E-state index is 12.9. The van der Waals surface area contributed by atoms with Crippen LogP contribution in [-0.2, 0) is 6.54 Å². The molecule has 0 unspecified atom stereocenters. The van der Waals surface area contributed by atoms with Gasteiger partial charge in [0.15, 0.2) is 5.78 Å². The third kappa shape index (κ3) is 4.20. The van der Waals surface area contributed by atoms with Crippen molar-refractivity contribution < 1.29 is 14.6 Å². The molecule has 0 bridgehead atoms. The fraction of sp³-hybridized carbons (Fsp3) is 0.381. The van der Waals surface area contributed by atoms with Gasteiger partial charge < -0.3 is 9.84 Å². The standard InChI is InChI=1S/C21H24N2O4/c1-4-6-7-12-27-16-10-8-15(9-11-16)19(24)18-14(3)17(13-22)20(25)23(5-2)21(18)26/h8-11,26H,4-7,12H2,1-3H3. The number of ketones is 1. The molecule has 0 amide bonds. The molecule has 6 heteroatoms. The SMILES string of the molecule is CCCCCOc1ccc(C(=O)c2c(C)c(C#N)c(=O)n(CC)c2O)cc1. The van der Waals surface area contributed by atoms with E-state index in [2.05, 4.69) is 6.92 Å². The van der Waals surface area contributed by atoms with Crippen molar-refractivity contribution in [2.24, 2.45) is 0 Å². The Hall–Kier alpha value is -3.07. The number of aromatic nitrogens is 1. The van der Waals surface area contributed by atoms with Gasteiger partial charge in [-0.3, -0.25) is 14.2 Å². The summed E-state index contributed by atoms with van der Waals surface area (Å²) in [7, 11) is 0. The average molecular weight is 368 g/mol. The number of hydrogen-bond donors (Lipinski definition) is 1. The molecule has 1 N–H and O–H groups in total. The van der Waals surface area contributed by atoms with Crippen LogP contribution in [0.15, 0.2) is 29.1 Å². The molecule has 1 aromatic heterocycles. The van der Waals surface area contributed by atoms with Crippen molar-refractivity contribution in [3.8, 4) is 17.7 Å². The summed E-state index contributed by atoms with van der Waals surface area (Å²) in [5.74, 6) is -0.190. The van der Waals surface area contributed by atoms with E-state index in [0.717, 1.165) is 23.8 Å². The summed E-state index contributed by atoms with van der Waals surface area (Å²) in [6.45, 7) is 6.06. The third-order valence-electron chi connectivity index (χ3n) is 4.48. The van der Waals surface area contributed by atoms with Crippen LogP contribution in [-0.4, -0.2) is 22.1 Å². The molecular formula is C21H24N2O4. The van der Waals surface area contributed by atoms with Gasteiger partial charge in [-0.2, -0.15) is 5.26 Å². The number of benzene rings is 1. The lowest BCUT2D eigenvalue weighted by molar-refractivity contribution is 0.103. The van der Waals surface area contributed by atoms with Crippen LogP contribution in [0.25, 0.3) is 0 Å². The number of hydrogen-bond acceptors (Lipinski definition) is 5. The smallest absolute Gasteiger partial charge is 0.271 e. The summed E-state index contributed by atoms with van der Waals surface area (Å²) < 4.78 is 6.67. The maximum Gasteiger partial charge on any atom is 0.271 e. The zero-order valence-corrected chi connectivity index (χ0v) is 15.9. The molecular weight excluding hydrogens is 344 g/mol. The van der Waals surface area contributed by atoms with Crippen LogP contribution < -0.4 is 10.3 Å². The molecule has 0 fully saturated rings. The molecule has 0 atom stereocenters. The van der Waals surface area contributed by atoms with Crippen LogP contribution in [0.4, 0.5) is 0 Å². The Balaban J connectivity index is 2.35. The summed E-state index contributed by atoms with van der Waals surface area (Å²) in [5, 5.41) is 19.7. The van der Waals surface area contributed by atoms with Crippen LogP contribution in [0, 0.1) is 18.3 Å². The molecule has 0 radical (unpaired) electrons. The number of aromatic hydroxyl groups is 1. The number of unbranched alkanes of at least 4 members (excludes halogenated alkanes) is 2. The molecule has 0 aliphatic rings. The molecule has 6 nitrogen and oxygen atoms in total. The Bertz CT molecular complexity index is 921. The number of rotatable bonds is 8. The lowest BCUT2D eigenvalue weighted by Gasteiger charge is -2.14. The second-order valence-corrected chi connectivity index (χ2v) is 6.27. The third-order valence-corrected chi connectivity index (χ3v) is 4.48. The highest BCUT2D eigenvalue weighted by Gasteiger charge is 2.24. The van der Waals surface area contributed by atoms with Gasteiger partial charge in [0.05, 0.1) is 12.2 Å². The van der Waals surface area contributed by atoms with E-state index in [1.807, 2.05) is 6.07 Å². The molecule has 142 valence electrons. The highest BCUT2D eigenvalue weighted by molar-refractivity contribution is 6.11. The summed E-state index contributed by atoms with van der Waals surface area (Å²) in [4.78, 5) is 25.1. The van der Waals surface area contributed by atoms with Gasteiger partial charge in [-0.1, -0.05) is 19.8 Å². The van der Waals surface area contributed by atoms with Gasteiger partial charge in [-0.25, -0.2) is 0 Å². The number of carbonyl (C=O) groups excluding carboxylic acids is 1. The quantitative estimate of drug-likeness (QED) is 0.568. The maximum absolute atomic E-state index is 12.9. The predicted molar refractivity (Wildman–Crippen MR) is 102 cm³/mol. The second-order valence-electron chi connectivity index (χ2n) is 6.27. The van der Waals surface area contributed by atoms with E-state index in [9.17, 15) is 20.0 Å². The van der Waals surface area contributed by atoms with Gasteiger partial charge in [0, 0.05) is 12.1 Å². The van der Waals surface area contributed by atoms with Gasteiger partial charge in [0.2, 0.25) is 5.88 Å². The van der Waals surface area contributed by atoms with Crippen LogP contribution >= 0.6 is 0 Å². The fourth-order valence-electron chi connectivity index (χ4n) is 2.91. The Morgan fingerprint density at radius 3 is 2.44 bits per heavy atom. The van der Waals surface area contributed by atoms with Crippen molar-refractivity contribution >= 4 is 5.78 Å². The Morgan fingerprint density at radius 1 is 1.22 bits per heavy atom. The van der Waals surface area contributed by atoms with E-state index in [4.69, 9.17) is 4.74 Å². The van der Waals surface area contributed by atoms with E-state index in [1.54, 1.807) is 31.2 Å². The zero-order chi connectivity index (χ0) is 20.0. The highest BCUT2D eigenvalue weighted by Crippen LogP contribution is 2.25. The normalized spacial score (nSPS) is 10.4. The van der Waals surface area contributed by atoms with Gasteiger partial charge in [0.25, 0.3) is 5.56 Å². The first kappa shape index (κ1) is 20.2. The van der Waals surface area contributed by atoms with Crippen LogP contribution in [0.3, 0.4) is 0 Å². The summed E-state index contributed by atoms with van der Waals surface area (Å²) in [6.07, 6.45) is 3.19. The average Bonchev–Trinajstić information content (AvgIpc) is 2.66. The number of ether oxygens (including phenoxy) is 1. The van der Waals surface area contributed by atoms with Gasteiger partial charge in [0.1, 0.15) is 17.4 Å². The molecule has 0 aliphatic carbocycles. The molecule has 0 saturated heterocycles. The molecule has 2 aromatic rings. The van der Waals surface area contributed by atoms with E-state index < -0.39 is 17.2 Å². The van der Waals surface area contributed by atoms with E-state index in [1.165, 1.54) is 6.92 Å². The van der Waals surface area contributed by atoms with Crippen LogP contribution in [0.5, 0.6) is 11.6 Å². The number of pyridine rings is 1. The molecule has 1 heterocycles. The lowest BCUT2D eigenvalue weighted by Crippen LogP contribution is -2.26. The highest BCUT2D eigenvalue weighted by atomic mass is 16.5. The van der Waals surface area contributed by atoms with Crippen molar-refractivity contribution in [1.29, 1.82) is 5.26 Å². The van der Waals surface area contributed by atoms with Crippen LogP contribution in [0.2, 0.25) is 0 Å². The Kier molecular flexibility index (Phi) is 6.78. The number of nitriles is 1. The number of nitrogens with zero attached hydrogens (tertiary/aromatic N) is 2. The minimum atomic E-state index is -0.595. The monoisotopic (exact) mass is 368 g/mol. The molecule has 1 aromatic carbocycles. The minimum absolute atomic E-state index is 0.0235. The fourth-order valence-corrected chi connectivity index (χ4v) is 2.91.